The summed E-state index contributed by atoms with van der Waals surface area (Å²) in [5, 5.41) is 2.81. The predicted molar refractivity (Wildman–Crippen MR) is 150 cm³/mol. The van der Waals surface area contributed by atoms with Crippen LogP contribution in [0.25, 0.3) is 0 Å². The molecule has 5 rings (SSSR count). The lowest BCUT2D eigenvalue weighted by Crippen LogP contribution is -2.49. The highest BCUT2D eigenvalue weighted by atomic mass is 16.6. The first-order valence-corrected chi connectivity index (χ1v) is 13.2. The minimum absolute atomic E-state index is 0.00858. The Morgan fingerprint density at radius 3 is 1.73 bits per heavy atom. The summed E-state index contributed by atoms with van der Waals surface area (Å²) in [5.41, 5.74) is 2.45. The van der Waals surface area contributed by atoms with Crippen molar-refractivity contribution in [3.8, 4) is 0 Å². The van der Waals surface area contributed by atoms with Crippen molar-refractivity contribution in [2.75, 3.05) is 6.73 Å². The summed E-state index contributed by atoms with van der Waals surface area (Å²) in [4.78, 5) is 39.5. The van der Waals surface area contributed by atoms with Gasteiger partial charge in [-0.05, 0) is 28.7 Å². The van der Waals surface area contributed by atoms with Crippen LogP contribution in [0.4, 0.5) is 4.79 Å². The van der Waals surface area contributed by atoms with E-state index in [1.165, 1.54) is 0 Å². The number of carbonyl (C=O) groups is 3. The number of hydrogen-bond acceptors (Lipinski definition) is 5. The van der Waals surface area contributed by atoms with Crippen LogP contribution in [0.5, 0.6) is 0 Å². The van der Waals surface area contributed by atoms with Crippen LogP contribution in [-0.2, 0) is 31.3 Å². The van der Waals surface area contributed by atoms with E-state index in [0.29, 0.717) is 0 Å². The topological polar surface area (TPSA) is 84.9 Å². The largest absolute Gasteiger partial charge is 0.444 e. The van der Waals surface area contributed by atoms with Gasteiger partial charge in [0.05, 0.1) is 0 Å². The Hall–Kier alpha value is -4.75. The van der Waals surface area contributed by atoms with Crippen molar-refractivity contribution >= 4 is 17.9 Å². The minimum Gasteiger partial charge on any atom is -0.444 e. The van der Waals surface area contributed by atoms with Gasteiger partial charge in [0, 0.05) is 6.42 Å². The van der Waals surface area contributed by atoms with Crippen LogP contribution in [0.2, 0.25) is 0 Å². The monoisotopic (exact) mass is 534 g/mol. The number of ether oxygens (including phenoxy) is 2. The predicted octanol–water partition coefficient (Wildman–Crippen LogP) is 5.40. The average Bonchev–Trinajstić information content (AvgIpc) is 3.41. The summed E-state index contributed by atoms with van der Waals surface area (Å²) in [6.45, 7) is -0.149. The summed E-state index contributed by atoms with van der Waals surface area (Å²) in [6, 6.07) is 37.6. The van der Waals surface area contributed by atoms with Crippen LogP contribution in [0.3, 0.4) is 0 Å². The molecule has 1 fully saturated rings. The van der Waals surface area contributed by atoms with Gasteiger partial charge in [0.25, 0.3) is 0 Å². The molecule has 0 aromatic heterocycles. The highest BCUT2D eigenvalue weighted by molar-refractivity contribution is 6.00. The summed E-state index contributed by atoms with van der Waals surface area (Å²) >= 11 is 0. The van der Waals surface area contributed by atoms with Gasteiger partial charge in [-0.3, -0.25) is 9.59 Å². The van der Waals surface area contributed by atoms with Gasteiger partial charge >= 0.3 is 6.09 Å². The summed E-state index contributed by atoms with van der Waals surface area (Å²) in [7, 11) is 0. The molecule has 0 radical (unpaired) electrons. The van der Waals surface area contributed by atoms with Crippen molar-refractivity contribution in [3.05, 3.63) is 144 Å². The quantitative estimate of drug-likeness (QED) is 0.230. The highest BCUT2D eigenvalue weighted by Crippen LogP contribution is 2.40. The van der Waals surface area contributed by atoms with Crippen LogP contribution in [0.15, 0.2) is 121 Å². The van der Waals surface area contributed by atoms with E-state index < -0.39 is 29.6 Å². The van der Waals surface area contributed by atoms with Crippen molar-refractivity contribution in [2.45, 2.75) is 31.1 Å². The van der Waals surface area contributed by atoms with Gasteiger partial charge in [0.15, 0.2) is 0 Å². The molecular formula is C33H30N2O5. The van der Waals surface area contributed by atoms with Crippen molar-refractivity contribution in [1.82, 2.24) is 10.2 Å². The van der Waals surface area contributed by atoms with Gasteiger partial charge in [-0.2, -0.15) is 0 Å². The van der Waals surface area contributed by atoms with Gasteiger partial charge in [0.2, 0.25) is 11.8 Å². The molecule has 202 valence electrons. The number of nitrogens with one attached hydrogen (secondary N) is 1. The normalized spacial score (nSPS) is 15.1. The zero-order valence-corrected chi connectivity index (χ0v) is 21.9. The molecule has 1 saturated heterocycles. The zero-order valence-electron chi connectivity index (χ0n) is 21.9. The van der Waals surface area contributed by atoms with Crippen molar-refractivity contribution in [3.63, 3.8) is 0 Å². The highest BCUT2D eigenvalue weighted by Gasteiger charge is 2.42. The van der Waals surface area contributed by atoms with E-state index >= 15 is 0 Å². The van der Waals surface area contributed by atoms with Crippen molar-refractivity contribution in [2.24, 2.45) is 0 Å². The molecule has 1 atom stereocenters. The second kappa shape index (κ2) is 12.4. The van der Waals surface area contributed by atoms with Gasteiger partial charge in [0.1, 0.15) is 25.0 Å². The molecule has 0 unspecified atom stereocenters. The molecule has 40 heavy (non-hydrogen) atoms. The van der Waals surface area contributed by atoms with Crippen LogP contribution in [-0.4, -0.2) is 35.6 Å². The molecule has 1 heterocycles. The van der Waals surface area contributed by atoms with Crippen LogP contribution >= 0.6 is 0 Å². The number of benzene rings is 4. The molecule has 4 aromatic carbocycles. The maximum Gasteiger partial charge on any atom is 0.417 e. The standard InChI is InChI=1S/C33H30N2O5/c36-30-22-21-29(35(30)32(38)39-23-25-13-5-1-6-14-25)31(37)34-24-40-33(26-15-7-2-8-16-26,27-17-9-3-10-18-27)28-19-11-4-12-20-28/h1-20,29H,21-24H2,(H,34,37)/t29-/m0/s1. The summed E-state index contributed by atoms with van der Waals surface area (Å²) in [5.74, 6) is -0.920. The Labute approximate surface area is 233 Å². The third-order valence-electron chi connectivity index (χ3n) is 6.99. The van der Waals surface area contributed by atoms with Gasteiger partial charge < -0.3 is 14.8 Å². The smallest absolute Gasteiger partial charge is 0.417 e. The average molecular weight is 535 g/mol. The van der Waals surface area contributed by atoms with Gasteiger partial charge in [-0.1, -0.05) is 121 Å². The number of imide groups is 1. The Bertz CT molecular complexity index is 1330. The number of nitrogens with zero attached hydrogens (tertiary/aromatic N) is 1. The van der Waals surface area contributed by atoms with Crippen LogP contribution in [0.1, 0.15) is 35.1 Å². The molecule has 0 aliphatic carbocycles. The SMILES string of the molecule is O=C(NCOC(c1ccccc1)(c1ccccc1)c1ccccc1)[C@@H]1CCC(=O)N1C(=O)OCc1ccccc1. The van der Waals surface area contributed by atoms with E-state index in [-0.39, 0.29) is 26.2 Å². The van der Waals surface area contributed by atoms with E-state index in [4.69, 9.17) is 9.47 Å². The van der Waals surface area contributed by atoms with E-state index in [0.717, 1.165) is 27.2 Å². The van der Waals surface area contributed by atoms with E-state index in [1.807, 2.05) is 121 Å². The Balaban J connectivity index is 1.34. The Kier molecular flexibility index (Phi) is 8.32. The Morgan fingerprint density at radius 2 is 1.23 bits per heavy atom. The molecule has 1 aliphatic rings. The van der Waals surface area contributed by atoms with E-state index in [1.54, 1.807) is 0 Å². The number of hydrogen-bond donors (Lipinski definition) is 1. The second-order valence-corrected chi connectivity index (χ2v) is 9.47. The maximum absolute atomic E-state index is 13.3. The first kappa shape index (κ1) is 26.8. The molecule has 4 aromatic rings. The molecule has 7 heteroatoms. The molecule has 1 N–H and O–H groups in total. The molecule has 0 bridgehead atoms. The maximum atomic E-state index is 13.3. The number of likely N-dealkylation sites (tertiary alicyclic amines) is 1. The van der Waals surface area contributed by atoms with Crippen LogP contribution < -0.4 is 5.32 Å². The summed E-state index contributed by atoms with van der Waals surface area (Å²) < 4.78 is 11.9. The van der Waals surface area contributed by atoms with Crippen molar-refractivity contribution in [1.29, 1.82) is 0 Å². The number of carbonyl (C=O) groups excluding carboxylic acids is 3. The van der Waals surface area contributed by atoms with Gasteiger partial charge in [-0.15, -0.1) is 0 Å². The lowest BCUT2D eigenvalue weighted by Gasteiger charge is -2.36. The third kappa shape index (κ3) is 5.65. The first-order chi connectivity index (χ1) is 19.6. The molecular weight excluding hydrogens is 504 g/mol. The first-order valence-electron chi connectivity index (χ1n) is 13.2. The lowest BCUT2D eigenvalue weighted by molar-refractivity contribution is -0.135. The van der Waals surface area contributed by atoms with E-state index in [9.17, 15) is 14.4 Å². The lowest BCUT2D eigenvalue weighted by atomic mass is 9.80. The van der Waals surface area contributed by atoms with Crippen molar-refractivity contribution < 1.29 is 23.9 Å². The fraction of sp³-hybridized carbons (Fsp3) is 0.182. The third-order valence-corrected chi connectivity index (χ3v) is 6.99. The molecule has 0 saturated carbocycles. The molecule has 7 nitrogen and oxygen atoms in total. The van der Waals surface area contributed by atoms with Gasteiger partial charge in [-0.25, -0.2) is 9.69 Å². The fourth-order valence-corrected chi connectivity index (χ4v) is 5.05. The number of amides is 3. The Morgan fingerprint density at radius 1 is 0.750 bits per heavy atom. The minimum atomic E-state index is -1.02. The zero-order chi connectivity index (χ0) is 27.8. The van der Waals surface area contributed by atoms with E-state index in [2.05, 4.69) is 5.32 Å². The number of rotatable bonds is 9. The summed E-state index contributed by atoms with van der Waals surface area (Å²) in [6.07, 6.45) is -0.534. The fourth-order valence-electron chi connectivity index (χ4n) is 5.05. The molecule has 1 aliphatic heterocycles. The second-order valence-electron chi connectivity index (χ2n) is 9.47. The molecule has 0 spiro atoms. The molecule has 3 amide bonds. The van der Waals surface area contributed by atoms with Crippen LogP contribution in [0, 0.1) is 0 Å².